The van der Waals surface area contributed by atoms with Gasteiger partial charge in [-0.25, -0.2) is 4.39 Å². The van der Waals surface area contributed by atoms with Crippen molar-refractivity contribution in [2.75, 3.05) is 14.2 Å². The van der Waals surface area contributed by atoms with Gasteiger partial charge in [0.25, 0.3) is 0 Å². The van der Waals surface area contributed by atoms with E-state index < -0.39 is 17.8 Å². The van der Waals surface area contributed by atoms with Gasteiger partial charge in [-0.15, -0.1) is 0 Å². The van der Waals surface area contributed by atoms with E-state index >= 15 is 0 Å². The largest absolute Gasteiger partial charge is 0.497 e. The molecule has 0 aliphatic heterocycles. The van der Waals surface area contributed by atoms with Crippen LogP contribution in [0.5, 0.6) is 5.75 Å². The molecule has 1 aromatic carbocycles. The normalized spacial score (nSPS) is 12.0. The summed E-state index contributed by atoms with van der Waals surface area (Å²) in [7, 11) is 2.71. The quantitative estimate of drug-likeness (QED) is 0.790. The number of halogens is 1. The van der Waals surface area contributed by atoms with Gasteiger partial charge in [0, 0.05) is 17.7 Å². The van der Waals surface area contributed by atoms with Crippen molar-refractivity contribution in [2.24, 2.45) is 5.73 Å². The van der Waals surface area contributed by atoms with Crippen molar-refractivity contribution < 1.29 is 18.7 Å². The van der Waals surface area contributed by atoms with Gasteiger partial charge in [0.2, 0.25) is 0 Å². The molecule has 0 bridgehead atoms. The Balaban J connectivity index is 2.83. The minimum absolute atomic E-state index is 0.0558. The molecule has 88 valence electrons. The summed E-state index contributed by atoms with van der Waals surface area (Å²) < 4.78 is 22.9. The smallest absolute Gasteiger partial charge is 0.307 e. The summed E-state index contributed by atoms with van der Waals surface area (Å²) >= 11 is 0. The van der Waals surface area contributed by atoms with Gasteiger partial charge >= 0.3 is 5.97 Å². The molecule has 0 aromatic heterocycles. The molecule has 16 heavy (non-hydrogen) atoms. The monoisotopic (exact) mass is 227 g/mol. The van der Waals surface area contributed by atoms with Crippen LogP contribution in [-0.4, -0.2) is 20.2 Å². The van der Waals surface area contributed by atoms with E-state index in [0.717, 1.165) is 0 Å². The first-order valence-corrected chi connectivity index (χ1v) is 4.74. The summed E-state index contributed by atoms with van der Waals surface area (Å²) in [5.41, 5.74) is 5.95. The molecule has 0 saturated heterocycles. The van der Waals surface area contributed by atoms with Gasteiger partial charge in [-0.3, -0.25) is 4.79 Å². The molecule has 1 atom stereocenters. The molecule has 0 saturated carbocycles. The second kappa shape index (κ2) is 5.46. The van der Waals surface area contributed by atoms with Crippen LogP contribution in [0, 0.1) is 5.82 Å². The highest BCUT2D eigenvalue weighted by Crippen LogP contribution is 2.22. The summed E-state index contributed by atoms with van der Waals surface area (Å²) in [6.07, 6.45) is -0.0558. The van der Waals surface area contributed by atoms with Crippen LogP contribution in [0.3, 0.4) is 0 Å². The molecule has 0 heterocycles. The van der Waals surface area contributed by atoms with Gasteiger partial charge < -0.3 is 15.2 Å². The fourth-order valence-corrected chi connectivity index (χ4v) is 1.31. The first kappa shape index (κ1) is 12.4. The van der Waals surface area contributed by atoms with Gasteiger partial charge in [0.05, 0.1) is 20.6 Å². The number of hydrogen-bond acceptors (Lipinski definition) is 4. The van der Waals surface area contributed by atoms with E-state index in [9.17, 15) is 9.18 Å². The van der Waals surface area contributed by atoms with Crippen LogP contribution in [0.25, 0.3) is 0 Å². The molecule has 0 aliphatic carbocycles. The second-order valence-electron chi connectivity index (χ2n) is 3.27. The van der Waals surface area contributed by atoms with Crippen molar-refractivity contribution in [2.45, 2.75) is 12.5 Å². The van der Waals surface area contributed by atoms with Crippen LogP contribution in [0.2, 0.25) is 0 Å². The molecule has 0 radical (unpaired) electrons. The zero-order valence-corrected chi connectivity index (χ0v) is 9.20. The summed E-state index contributed by atoms with van der Waals surface area (Å²) in [5, 5.41) is 0. The van der Waals surface area contributed by atoms with Crippen LogP contribution >= 0.6 is 0 Å². The van der Waals surface area contributed by atoms with Crippen molar-refractivity contribution in [3.63, 3.8) is 0 Å². The van der Waals surface area contributed by atoms with Crippen LogP contribution in [-0.2, 0) is 9.53 Å². The first-order chi connectivity index (χ1) is 7.58. The Hall–Kier alpha value is -1.62. The molecule has 5 heteroatoms. The van der Waals surface area contributed by atoms with E-state index in [1.807, 2.05) is 0 Å². The van der Waals surface area contributed by atoms with E-state index in [-0.39, 0.29) is 12.0 Å². The van der Waals surface area contributed by atoms with Crippen molar-refractivity contribution in [3.05, 3.63) is 29.6 Å². The summed E-state index contributed by atoms with van der Waals surface area (Å²) in [6, 6.07) is 3.61. The van der Waals surface area contributed by atoms with Crippen LogP contribution < -0.4 is 10.5 Å². The molecule has 2 N–H and O–H groups in total. The molecule has 0 unspecified atom stereocenters. The lowest BCUT2D eigenvalue weighted by Gasteiger charge is -2.12. The molecule has 1 aromatic rings. The zero-order valence-electron chi connectivity index (χ0n) is 9.20. The summed E-state index contributed by atoms with van der Waals surface area (Å²) in [4.78, 5) is 11.0. The van der Waals surface area contributed by atoms with Crippen LogP contribution in [0.1, 0.15) is 18.0 Å². The van der Waals surface area contributed by atoms with Crippen molar-refractivity contribution in [1.29, 1.82) is 0 Å². The fourth-order valence-electron chi connectivity index (χ4n) is 1.31. The third kappa shape index (κ3) is 2.93. The standard InChI is InChI=1S/C11H14FNO3/c1-15-7-3-4-8(9(12)5-7)10(13)6-11(14)16-2/h3-5,10H,6,13H2,1-2H3/t10-/m0/s1. The number of hydrogen-bond donors (Lipinski definition) is 1. The third-order valence-electron chi connectivity index (χ3n) is 2.22. The molecular formula is C11H14FNO3. The van der Waals surface area contributed by atoms with Crippen molar-refractivity contribution >= 4 is 5.97 Å². The zero-order chi connectivity index (χ0) is 12.1. The molecule has 0 spiro atoms. The molecule has 0 aliphatic rings. The van der Waals surface area contributed by atoms with E-state index in [0.29, 0.717) is 5.75 Å². The topological polar surface area (TPSA) is 61.5 Å². The van der Waals surface area contributed by atoms with Crippen LogP contribution in [0.15, 0.2) is 18.2 Å². The Kier molecular flexibility index (Phi) is 4.25. The van der Waals surface area contributed by atoms with Crippen molar-refractivity contribution in [3.8, 4) is 5.75 Å². The number of ether oxygens (including phenoxy) is 2. The number of carbonyl (C=O) groups excluding carboxylic acids is 1. The predicted octanol–water partition coefficient (Wildman–Crippen LogP) is 1.40. The first-order valence-electron chi connectivity index (χ1n) is 4.74. The Bertz CT molecular complexity index is 381. The number of esters is 1. The summed E-state index contributed by atoms with van der Waals surface area (Å²) in [5.74, 6) is -0.551. The Morgan fingerprint density at radius 3 is 2.69 bits per heavy atom. The number of benzene rings is 1. The third-order valence-corrected chi connectivity index (χ3v) is 2.22. The van der Waals surface area contributed by atoms with E-state index in [4.69, 9.17) is 10.5 Å². The molecular weight excluding hydrogens is 213 g/mol. The van der Waals surface area contributed by atoms with Gasteiger partial charge in [-0.1, -0.05) is 6.07 Å². The predicted molar refractivity (Wildman–Crippen MR) is 56.5 cm³/mol. The van der Waals surface area contributed by atoms with Gasteiger partial charge in [0.1, 0.15) is 11.6 Å². The minimum atomic E-state index is -0.710. The number of rotatable bonds is 4. The molecule has 0 fully saturated rings. The van der Waals surface area contributed by atoms with E-state index in [1.165, 1.54) is 26.4 Å². The lowest BCUT2D eigenvalue weighted by atomic mass is 10.0. The SMILES string of the molecule is COC(=O)C[C@H](N)c1ccc(OC)cc1F. The number of methoxy groups -OCH3 is 2. The summed E-state index contributed by atoms with van der Waals surface area (Å²) in [6.45, 7) is 0. The highest BCUT2D eigenvalue weighted by molar-refractivity contribution is 5.70. The molecule has 0 amide bonds. The Labute approximate surface area is 93.2 Å². The average Bonchev–Trinajstić information content (AvgIpc) is 2.28. The lowest BCUT2D eigenvalue weighted by Crippen LogP contribution is -2.17. The maximum absolute atomic E-state index is 13.5. The molecule has 4 nitrogen and oxygen atoms in total. The highest BCUT2D eigenvalue weighted by atomic mass is 19.1. The maximum atomic E-state index is 13.5. The molecule has 1 rings (SSSR count). The van der Waals surface area contributed by atoms with E-state index in [2.05, 4.69) is 4.74 Å². The maximum Gasteiger partial charge on any atom is 0.307 e. The fraction of sp³-hybridized carbons (Fsp3) is 0.364. The second-order valence-corrected chi connectivity index (χ2v) is 3.27. The van der Waals surface area contributed by atoms with Crippen LogP contribution in [0.4, 0.5) is 4.39 Å². The Morgan fingerprint density at radius 2 is 2.19 bits per heavy atom. The van der Waals surface area contributed by atoms with Gasteiger partial charge in [0.15, 0.2) is 0 Å². The van der Waals surface area contributed by atoms with Gasteiger partial charge in [-0.05, 0) is 6.07 Å². The van der Waals surface area contributed by atoms with E-state index in [1.54, 1.807) is 6.07 Å². The minimum Gasteiger partial charge on any atom is -0.497 e. The number of carbonyl (C=O) groups is 1. The average molecular weight is 227 g/mol. The highest BCUT2D eigenvalue weighted by Gasteiger charge is 2.16. The lowest BCUT2D eigenvalue weighted by molar-refractivity contribution is -0.141. The Morgan fingerprint density at radius 1 is 1.50 bits per heavy atom. The number of nitrogens with two attached hydrogens (primary N) is 1. The van der Waals surface area contributed by atoms with Crippen molar-refractivity contribution in [1.82, 2.24) is 0 Å². The van der Waals surface area contributed by atoms with Gasteiger partial charge in [-0.2, -0.15) is 0 Å².